The Bertz CT molecular complexity index is 888. The summed E-state index contributed by atoms with van der Waals surface area (Å²) in [5, 5.41) is 29.7. The Hall–Kier alpha value is -2.74. The number of rotatable bonds is 9. The molecular formula is C19H25N7O. The van der Waals surface area contributed by atoms with E-state index in [1.54, 1.807) is 0 Å². The molecule has 1 aliphatic rings. The smallest absolute Gasteiger partial charge is 0.201 e. The predicted octanol–water partition coefficient (Wildman–Crippen LogP) is 2.23. The van der Waals surface area contributed by atoms with Crippen LogP contribution in [0.4, 0.5) is 11.5 Å². The number of pyridine rings is 1. The van der Waals surface area contributed by atoms with E-state index in [-0.39, 0.29) is 12.6 Å². The third-order valence-corrected chi connectivity index (χ3v) is 4.82. The highest BCUT2D eigenvalue weighted by Gasteiger charge is 2.30. The first-order valence-electron chi connectivity index (χ1n) is 9.56. The van der Waals surface area contributed by atoms with Crippen molar-refractivity contribution in [2.75, 3.05) is 23.8 Å². The van der Waals surface area contributed by atoms with Crippen molar-refractivity contribution in [3.8, 4) is 0 Å². The molecule has 4 rings (SSSR count). The van der Waals surface area contributed by atoms with Gasteiger partial charge >= 0.3 is 0 Å². The lowest BCUT2D eigenvalue weighted by Crippen LogP contribution is -2.24. The van der Waals surface area contributed by atoms with Gasteiger partial charge in [0.15, 0.2) is 5.82 Å². The van der Waals surface area contributed by atoms with Crippen molar-refractivity contribution in [1.82, 2.24) is 24.8 Å². The average molecular weight is 367 g/mol. The molecule has 0 saturated heterocycles. The van der Waals surface area contributed by atoms with Crippen molar-refractivity contribution < 1.29 is 5.11 Å². The van der Waals surface area contributed by atoms with E-state index in [0.717, 1.165) is 55.1 Å². The fourth-order valence-electron chi connectivity index (χ4n) is 3.05. The summed E-state index contributed by atoms with van der Waals surface area (Å²) in [6, 6.07) is 7.85. The molecule has 0 spiro atoms. The van der Waals surface area contributed by atoms with Crippen LogP contribution in [0.3, 0.4) is 0 Å². The van der Waals surface area contributed by atoms with Crippen LogP contribution in [0, 0.1) is 0 Å². The molecule has 1 aliphatic carbocycles. The third-order valence-electron chi connectivity index (χ3n) is 4.82. The van der Waals surface area contributed by atoms with Crippen molar-refractivity contribution >= 4 is 17.2 Å². The Balaban J connectivity index is 1.59. The standard InChI is InChI=1S/C19H25N7O/c1-2-14(12-27)22-17-11-16(21-10-8-15-5-3-4-9-20-15)19-24-23-18(13-6-7-13)26(19)25-17/h3-5,9,11,13-14,21,27H,2,6-8,10,12H2,1H3,(H,22,25)/t14-/m1/s1. The lowest BCUT2D eigenvalue weighted by molar-refractivity contribution is 0.271. The Kier molecular flexibility index (Phi) is 5.15. The molecule has 3 N–H and O–H groups in total. The maximum Gasteiger partial charge on any atom is 0.201 e. The summed E-state index contributed by atoms with van der Waals surface area (Å²) >= 11 is 0. The molecule has 0 amide bonds. The molecule has 8 nitrogen and oxygen atoms in total. The molecule has 0 aromatic carbocycles. The van der Waals surface area contributed by atoms with Gasteiger partial charge in [0.2, 0.25) is 5.65 Å². The molecular weight excluding hydrogens is 342 g/mol. The normalized spacial score (nSPS) is 15.0. The van der Waals surface area contributed by atoms with Crippen LogP contribution < -0.4 is 10.6 Å². The highest BCUT2D eigenvalue weighted by Crippen LogP contribution is 2.39. The highest BCUT2D eigenvalue weighted by molar-refractivity contribution is 5.70. The SMILES string of the molecule is CC[C@H](CO)Nc1cc(NCCc2ccccn2)c2nnc(C3CC3)n2n1. The molecule has 0 aliphatic heterocycles. The summed E-state index contributed by atoms with van der Waals surface area (Å²) < 4.78 is 1.84. The maximum absolute atomic E-state index is 9.51. The van der Waals surface area contributed by atoms with Gasteiger partial charge < -0.3 is 15.7 Å². The summed E-state index contributed by atoms with van der Waals surface area (Å²) in [7, 11) is 0. The van der Waals surface area contributed by atoms with Crippen molar-refractivity contribution in [2.24, 2.45) is 0 Å². The van der Waals surface area contributed by atoms with Gasteiger partial charge in [0.05, 0.1) is 18.3 Å². The highest BCUT2D eigenvalue weighted by atomic mass is 16.3. The third kappa shape index (κ3) is 4.00. The predicted molar refractivity (Wildman–Crippen MR) is 104 cm³/mol. The maximum atomic E-state index is 9.51. The van der Waals surface area contributed by atoms with E-state index in [0.29, 0.717) is 11.7 Å². The Labute approximate surface area is 158 Å². The van der Waals surface area contributed by atoms with Gasteiger partial charge in [-0.05, 0) is 31.4 Å². The molecule has 0 bridgehead atoms. The molecule has 1 saturated carbocycles. The van der Waals surface area contributed by atoms with Crippen LogP contribution in [0.15, 0.2) is 30.5 Å². The zero-order valence-corrected chi connectivity index (χ0v) is 15.5. The van der Waals surface area contributed by atoms with E-state index in [9.17, 15) is 5.11 Å². The second-order valence-corrected chi connectivity index (χ2v) is 6.94. The Morgan fingerprint density at radius 1 is 1.30 bits per heavy atom. The zero-order valence-electron chi connectivity index (χ0n) is 15.5. The molecule has 3 aromatic heterocycles. The molecule has 1 atom stereocenters. The summed E-state index contributed by atoms with van der Waals surface area (Å²) in [5.74, 6) is 2.08. The van der Waals surface area contributed by atoms with Crippen LogP contribution in [0.2, 0.25) is 0 Å². The van der Waals surface area contributed by atoms with E-state index < -0.39 is 0 Å². The van der Waals surface area contributed by atoms with Crippen LogP contribution in [0.1, 0.15) is 43.6 Å². The van der Waals surface area contributed by atoms with Crippen LogP contribution in [0.5, 0.6) is 0 Å². The van der Waals surface area contributed by atoms with E-state index in [1.807, 2.05) is 41.9 Å². The van der Waals surface area contributed by atoms with Crippen molar-refractivity contribution in [1.29, 1.82) is 0 Å². The molecule has 0 radical (unpaired) electrons. The van der Waals surface area contributed by atoms with E-state index in [4.69, 9.17) is 0 Å². The fourth-order valence-corrected chi connectivity index (χ4v) is 3.05. The van der Waals surface area contributed by atoms with E-state index in [1.165, 1.54) is 0 Å². The molecule has 3 heterocycles. The fraction of sp³-hybridized carbons (Fsp3) is 0.474. The van der Waals surface area contributed by atoms with Crippen LogP contribution in [0.25, 0.3) is 5.65 Å². The monoisotopic (exact) mass is 367 g/mol. The topological polar surface area (TPSA) is 100 Å². The first kappa shape index (κ1) is 17.7. The molecule has 142 valence electrons. The number of aromatic nitrogens is 5. The second kappa shape index (κ2) is 7.87. The van der Waals surface area contributed by atoms with Gasteiger partial charge in [0, 0.05) is 36.8 Å². The van der Waals surface area contributed by atoms with Gasteiger partial charge in [-0.1, -0.05) is 13.0 Å². The van der Waals surface area contributed by atoms with Gasteiger partial charge in [-0.2, -0.15) is 4.52 Å². The number of aliphatic hydroxyl groups is 1. The zero-order chi connectivity index (χ0) is 18.6. The minimum Gasteiger partial charge on any atom is -0.394 e. The molecule has 8 heteroatoms. The van der Waals surface area contributed by atoms with Gasteiger partial charge in [-0.3, -0.25) is 4.98 Å². The van der Waals surface area contributed by atoms with Crippen LogP contribution in [-0.2, 0) is 6.42 Å². The Morgan fingerprint density at radius 3 is 2.89 bits per heavy atom. The molecule has 1 fully saturated rings. The summed E-state index contributed by atoms with van der Waals surface area (Å²) in [4.78, 5) is 4.36. The number of nitrogens with one attached hydrogen (secondary N) is 2. The van der Waals surface area contributed by atoms with Crippen LogP contribution >= 0.6 is 0 Å². The number of nitrogens with zero attached hydrogens (tertiary/aromatic N) is 5. The second-order valence-electron chi connectivity index (χ2n) is 6.94. The van der Waals surface area contributed by atoms with Gasteiger partial charge in [0.25, 0.3) is 0 Å². The van der Waals surface area contributed by atoms with Gasteiger partial charge in [-0.25, -0.2) is 0 Å². The van der Waals surface area contributed by atoms with E-state index >= 15 is 0 Å². The first-order valence-corrected chi connectivity index (χ1v) is 9.56. The number of fused-ring (bicyclic) bond motifs is 1. The van der Waals surface area contributed by atoms with Crippen molar-refractivity contribution in [3.63, 3.8) is 0 Å². The minimum atomic E-state index is -0.0304. The summed E-state index contributed by atoms with van der Waals surface area (Å²) in [5.41, 5.74) is 2.66. The minimum absolute atomic E-state index is 0.0304. The van der Waals surface area contributed by atoms with Gasteiger partial charge in [-0.15, -0.1) is 15.3 Å². The lowest BCUT2D eigenvalue weighted by Gasteiger charge is -2.16. The first-order chi connectivity index (χ1) is 13.3. The van der Waals surface area contributed by atoms with E-state index in [2.05, 4.69) is 30.9 Å². The summed E-state index contributed by atoms with van der Waals surface area (Å²) in [6.07, 6.45) is 5.71. The number of hydrogen-bond donors (Lipinski definition) is 3. The lowest BCUT2D eigenvalue weighted by atomic mass is 10.2. The number of anilines is 2. The quantitative estimate of drug-likeness (QED) is 0.533. The van der Waals surface area contributed by atoms with Gasteiger partial charge in [0.1, 0.15) is 5.82 Å². The number of hydrogen-bond acceptors (Lipinski definition) is 7. The number of aliphatic hydroxyl groups excluding tert-OH is 1. The largest absolute Gasteiger partial charge is 0.394 e. The average Bonchev–Trinajstić information content (AvgIpc) is 3.46. The molecule has 0 unspecified atom stereocenters. The van der Waals surface area contributed by atoms with Crippen molar-refractivity contribution in [3.05, 3.63) is 42.0 Å². The molecule has 3 aromatic rings. The summed E-state index contributed by atoms with van der Waals surface area (Å²) in [6.45, 7) is 2.84. The van der Waals surface area contributed by atoms with Crippen molar-refractivity contribution in [2.45, 2.75) is 44.6 Å². The Morgan fingerprint density at radius 2 is 2.19 bits per heavy atom. The van der Waals surface area contributed by atoms with Crippen LogP contribution in [-0.4, -0.2) is 49.1 Å². The molecule has 27 heavy (non-hydrogen) atoms.